The van der Waals surface area contributed by atoms with E-state index in [-0.39, 0.29) is 12.1 Å². The fraction of sp³-hybridized carbons (Fsp3) is 0.263. The molecule has 0 aliphatic carbocycles. The van der Waals surface area contributed by atoms with E-state index >= 15 is 0 Å². The van der Waals surface area contributed by atoms with Gasteiger partial charge in [0, 0.05) is 25.0 Å². The lowest BCUT2D eigenvalue weighted by Crippen LogP contribution is -2.38. The van der Waals surface area contributed by atoms with Gasteiger partial charge in [0.25, 0.3) is 0 Å². The van der Waals surface area contributed by atoms with Gasteiger partial charge in [-0.1, -0.05) is 18.2 Å². The quantitative estimate of drug-likeness (QED) is 0.769. The molecule has 3 rings (SSSR count). The van der Waals surface area contributed by atoms with E-state index in [4.69, 9.17) is 9.15 Å². The molecule has 1 N–H and O–H groups in total. The fourth-order valence-corrected chi connectivity index (χ4v) is 2.66. The largest absolute Gasteiger partial charge is 0.481 e. The van der Waals surface area contributed by atoms with Crippen LogP contribution in [0.2, 0.25) is 0 Å². The maximum atomic E-state index is 12.5. The molecule has 2 heterocycles. The zero-order valence-electron chi connectivity index (χ0n) is 14.5. The fourth-order valence-electron chi connectivity index (χ4n) is 2.66. The number of pyridine rings is 1. The molecule has 0 bridgehead atoms. The molecule has 1 aromatic carbocycles. The van der Waals surface area contributed by atoms with Crippen LogP contribution in [0, 0.1) is 0 Å². The predicted molar refractivity (Wildman–Crippen MR) is 95.4 cm³/mol. The van der Waals surface area contributed by atoms with Crippen molar-refractivity contribution in [2.75, 3.05) is 14.2 Å². The van der Waals surface area contributed by atoms with Crippen LogP contribution >= 0.6 is 0 Å². The Morgan fingerprint density at radius 2 is 2.12 bits per heavy atom. The molecule has 0 saturated carbocycles. The van der Waals surface area contributed by atoms with E-state index in [2.05, 4.69) is 10.3 Å². The van der Waals surface area contributed by atoms with Crippen molar-refractivity contribution in [3.8, 4) is 5.88 Å². The van der Waals surface area contributed by atoms with Gasteiger partial charge in [-0.3, -0.25) is 0 Å². The summed E-state index contributed by atoms with van der Waals surface area (Å²) in [6.45, 7) is 2.30. The minimum Gasteiger partial charge on any atom is -0.481 e. The number of amides is 2. The van der Waals surface area contributed by atoms with Crippen LogP contribution in [0.25, 0.3) is 10.9 Å². The zero-order chi connectivity index (χ0) is 17.8. The number of hydrogen-bond donors (Lipinski definition) is 1. The standard InChI is InChI=1S/C19H21N3O3/c1-13(17-9-6-10-25-17)22(2)19(23)20-12-14-11-18(24-3)21-16-8-5-4-7-15(14)16/h4-11,13H,12H2,1-3H3,(H,20,23). The molecular weight excluding hydrogens is 318 g/mol. The highest BCUT2D eigenvalue weighted by molar-refractivity contribution is 5.83. The molecule has 0 radical (unpaired) electrons. The van der Waals surface area contributed by atoms with Gasteiger partial charge in [-0.2, -0.15) is 0 Å². The minimum atomic E-state index is -0.177. The van der Waals surface area contributed by atoms with Crippen LogP contribution in [0.4, 0.5) is 4.79 Å². The van der Waals surface area contributed by atoms with Crippen LogP contribution < -0.4 is 10.1 Å². The van der Waals surface area contributed by atoms with Gasteiger partial charge < -0.3 is 19.4 Å². The smallest absolute Gasteiger partial charge is 0.318 e. The Balaban J connectivity index is 1.74. The molecule has 0 aliphatic heterocycles. The molecule has 0 aliphatic rings. The van der Waals surface area contributed by atoms with Crippen LogP contribution in [0.15, 0.2) is 53.1 Å². The van der Waals surface area contributed by atoms with Crippen LogP contribution in [-0.2, 0) is 6.54 Å². The summed E-state index contributed by atoms with van der Waals surface area (Å²) in [7, 11) is 3.33. The maximum absolute atomic E-state index is 12.5. The van der Waals surface area contributed by atoms with Crippen LogP contribution in [-0.4, -0.2) is 30.1 Å². The molecular formula is C19H21N3O3. The average molecular weight is 339 g/mol. The molecule has 0 fully saturated rings. The molecule has 6 nitrogen and oxygen atoms in total. The summed E-state index contributed by atoms with van der Waals surface area (Å²) in [5.74, 6) is 1.27. The Bertz CT molecular complexity index is 861. The number of rotatable bonds is 5. The summed E-state index contributed by atoms with van der Waals surface area (Å²) in [6, 6.07) is 13.0. The average Bonchev–Trinajstić information content (AvgIpc) is 3.19. The summed E-state index contributed by atoms with van der Waals surface area (Å²) in [6.07, 6.45) is 1.60. The number of nitrogens with one attached hydrogen (secondary N) is 1. The number of ether oxygens (including phenoxy) is 1. The number of benzene rings is 1. The molecule has 25 heavy (non-hydrogen) atoms. The van der Waals surface area contributed by atoms with E-state index in [0.717, 1.165) is 22.2 Å². The molecule has 3 aromatic rings. The van der Waals surface area contributed by atoms with Crippen molar-refractivity contribution in [1.82, 2.24) is 15.2 Å². The third kappa shape index (κ3) is 3.57. The van der Waals surface area contributed by atoms with Crippen molar-refractivity contribution in [3.05, 3.63) is 60.1 Å². The van der Waals surface area contributed by atoms with E-state index in [1.165, 1.54) is 0 Å². The van der Waals surface area contributed by atoms with Crippen molar-refractivity contribution in [2.24, 2.45) is 0 Å². The summed E-state index contributed by atoms with van der Waals surface area (Å²) in [5, 5.41) is 3.94. The third-order valence-corrected chi connectivity index (χ3v) is 4.27. The summed E-state index contributed by atoms with van der Waals surface area (Å²) in [4.78, 5) is 18.5. The molecule has 0 saturated heterocycles. The topological polar surface area (TPSA) is 67.6 Å². The highest BCUT2D eigenvalue weighted by Crippen LogP contribution is 2.22. The number of fused-ring (bicyclic) bond motifs is 1. The van der Waals surface area contributed by atoms with Gasteiger partial charge in [-0.15, -0.1) is 0 Å². The van der Waals surface area contributed by atoms with Gasteiger partial charge in [0.1, 0.15) is 5.76 Å². The van der Waals surface area contributed by atoms with Crippen molar-refractivity contribution in [3.63, 3.8) is 0 Å². The molecule has 2 amide bonds. The van der Waals surface area contributed by atoms with Crippen molar-refractivity contribution in [2.45, 2.75) is 19.5 Å². The molecule has 0 spiro atoms. The van der Waals surface area contributed by atoms with E-state index in [1.807, 2.05) is 49.4 Å². The Kier molecular flexibility index (Phi) is 4.88. The van der Waals surface area contributed by atoms with Gasteiger partial charge in [-0.25, -0.2) is 9.78 Å². The van der Waals surface area contributed by atoms with E-state index < -0.39 is 0 Å². The van der Waals surface area contributed by atoms with Gasteiger partial charge in [0.15, 0.2) is 0 Å². The normalized spacial score (nSPS) is 12.0. The lowest BCUT2D eigenvalue weighted by atomic mass is 10.1. The lowest BCUT2D eigenvalue weighted by molar-refractivity contribution is 0.187. The molecule has 130 valence electrons. The minimum absolute atomic E-state index is 0.154. The first-order chi connectivity index (χ1) is 12.1. The van der Waals surface area contributed by atoms with Gasteiger partial charge in [0.05, 0.1) is 24.9 Å². The molecule has 6 heteroatoms. The number of aromatic nitrogens is 1. The second kappa shape index (κ2) is 7.25. The first kappa shape index (κ1) is 16.8. The summed E-state index contributed by atoms with van der Waals surface area (Å²) < 4.78 is 10.6. The highest BCUT2D eigenvalue weighted by Gasteiger charge is 2.19. The molecule has 2 aromatic heterocycles. The van der Waals surface area contributed by atoms with Crippen LogP contribution in [0.3, 0.4) is 0 Å². The number of furan rings is 1. The second-order valence-corrected chi connectivity index (χ2v) is 5.80. The number of urea groups is 1. The Morgan fingerprint density at radius 1 is 1.32 bits per heavy atom. The Morgan fingerprint density at radius 3 is 2.84 bits per heavy atom. The van der Waals surface area contributed by atoms with Gasteiger partial charge in [0.2, 0.25) is 5.88 Å². The Labute approximate surface area is 146 Å². The lowest BCUT2D eigenvalue weighted by Gasteiger charge is -2.23. The predicted octanol–water partition coefficient (Wildman–Crippen LogP) is 3.74. The maximum Gasteiger partial charge on any atom is 0.318 e. The van der Waals surface area contributed by atoms with Crippen molar-refractivity contribution < 1.29 is 13.9 Å². The number of hydrogen-bond acceptors (Lipinski definition) is 4. The first-order valence-corrected chi connectivity index (χ1v) is 8.07. The van der Waals surface area contributed by atoms with E-state index in [1.54, 1.807) is 25.3 Å². The zero-order valence-corrected chi connectivity index (χ0v) is 14.5. The second-order valence-electron chi connectivity index (χ2n) is 5.80. The monoisotopic (exact) mass is 339 g/mol. The van der Waals surface area contributed by atoms with E-state index in [0.29, 0.717) is 12.4 Å². The van der Waals surface area contributed by atoms with Crippen LogP contribution in [0.5, 0.6) is 5.88 Å². The number of carbonyl (C=O) groups excluding carboxylic acids is 1. The van der Waals surface area contributed by atoms with Gasteiger partial charge in [-0.05, 0) is 30.7 Å². The third-order valence-electron chi connectivity index (χ3n) is 4.27. The van der Waals surface area contributed by atoms with Gasteiger partial charge >= 0.3 is 6.03 Å². The molecule has 1 atom stereocenters. The van der Waals surface area contributed by atoms with Crippen LogP contribution in [0.1, 0.15) is 24.3 Å². The summed E-state index contributed by atoms with van der Waals surface area (Å²) >= 11 is 0. The first-order valence-electron chi connectivity index (χ1n) is 8.07. The number of methoxy groups -OCH3 is 1. The Hall–Kier alpha value is -3.02. The highest BCUT2D eigenvalue weighted by atomic mass is 16.5. The van der Waals surface area contributed by atoms with Crippen molar-refractivity contribution in [1.29, 1.82) is 0 Å². The SMILES string of the molecule is COc1cc(CNC(=O)N(C)C(C)c2ccco2)c2ccccc2n1. The van der Waals surface area contributed by atoms with Crippen molar-refractivity contribution >= 4 is 16.9 Å². The summed E-state index contributed by atoms with van der Waals surface area (Å²) in [5.41, 5.74) is 1.79. The molecule has 1 unspecified atom stereocenters. The number of para-hydroxylation sites is 1. The van der Waals surface area contributed by atoms with E-state index in [9.17, 15) is 4.79 Å². The number of carbonyl (C=O) groups is 1. The number of nitrogens with zero attached hydrogens (tertiary/aromatic N) is 2.